The Hall–Kier alpha value is 0.220. The fourth-order valence-corrected chi connectivity index (χ4v) is 1.26. The van der Waals surface area contributed by atoms with Gasteiger partial charge in [-0.3, -0.25) is 0 Å². The van der Waals surface area contributed by atoms with Crippen LogP contribution in [-0.2, 0) is 14.1 Å². The number of nitrogens with zero attached hydrogens (tertiary/aromatic N) is 3. The molecule has 0 radical (unpaired) electrons. The monoisotopic (exact) mass is 271 g/mol. The first-order valence-electron chi connectivity index (χ1n) is 2.67. The van der Waals surface area contributed by atoms with Crippen molar-refractivity contribution in [2.45, 2.75) is 5.16 Å². The van der Waals surface area contributed by atoms with Gasteiger partial charge in [-0.15, -0.1) is 4.68 Å². The smallest absolute Gasteiger partial charge is 0.336 e. The molecule has 0 saturated heterocycles. The molecule has 5 heteroatoms. The summed E-state index contributed by atoms with van der Waals surface area (Å²) in [5.74, 6) is 0. The van der Waals surface area contributed by atoms with Gasteiger partial charge in [-0.2, -0.15) is 0 Å². The van der Waals surface area contributed by atoms with Gasteiger partial charge in [0, 0.05) is 0 Å². The quantitative estimate of drug-likeness (QED) is 0.308. The van der Waals surface area contributed by atoms with E-state index in [1.807, 2.05) is 31.2 Å². The van der Waals surface area contributed by atoms with Crippen molar-refractivity contribution in [3.05, 3.63) is 6.33 Å². The number of rotatable bonds is 1. The Bertz CT molecular complexity index is 211. The molecule has 1 aromatic rings. The Morgan fingerprint density at radius 1 is 1.70 bits per heavy atom. The van der Waals surface area contributed by atoms with Crippen LogP contribution in [-0.4, -0.2) is 16.0 Å². The summed E-state index contributed by atoms with van der Waals surface area (Å²) in [5, 5.41) is 5.21. The molecule has 0 spiro atoms. The molecule has 0 amide bonds. The van der Waals surface area contributed by atoms with Crippen LogP contribution in [0.15, 0.2) is 11.5 Å². The van der Waals surface area contributed by atoms with Crippen molar-refractivity contribution < 1.29 is 28.5 Å². The van der Waals surface area contributed by atoms with Gasteiger partial charge in [-0.1, -0.05) is 11.8 Å². The molecular formula is C5H10IN3S. The third-order valence-electron chi connectivity index (χ3n) is 1.07. The van der Waals surface area contributed by atoms with Crippen LogP contribution in [0.4, 0.5) is 0 Å². The fourth-order valence-electron chi connectivity index (χ4n) is 0.716. The van der Waals surface area contributed by atoms with E-state index in [2.05, 4.69) is 5.10 Å². The number of hydrogen-bond acceptors (Lipinski definition) is 2. The van der Waals surface area contributed by atoms with E-state index >= 15 is 0 Å². The summed E-state index contributed by atoms with van der Waals surface area (Å²) in [6.07, 6.45) is 3.95. The normalized spacial score (nSPS) is 9.10. The SMILES string of the molecule is CSc1nn(C)c[n+]1C.[I-]. The highest BCUT2D eigenvalue weighted by molar-refractivity contribution is 7.98. The predicted octanol–water partition coefficient (Wildman–Crippen LogP) is -3.03. The van der Waals surface area contributed by atoms with E-state index < -0.39 is 0 Å². The third kappa shape index (κ3) is 2.12. The second-order valence-corrected chi connectivity index (χ2v) is 2.66. The maximum absolute atomic E-state index is 4.17. The van der Waals surface area contributed by atoms with E-state index in [1.54, 1.807) is 16.4 Å². The highest BCUT2D eigenvalue weighted by atomic mass is 127. The molecule has 0 aliphatic carbocycles. The van der Waals surface area contributed by atoms with Gasteiger partial charge >= 0.3 is 5.16 Å². The molecule has 0 aromatic carbocycles. The molecule has 1 heterocycles. The van der Waals surface area contributed by atoms with Gasteiger partial charge in [0.2, 0.25) is 6.33 Å². The molecule has 1 aromatic heterocycles. The van der Waals surface area contributed by atoms with Gasteiger partial charge in [0.1, 0.15) is 0 Å². The lowest BCUT2D eigenvalue weighted by Crippen LogP contribution is -3.00. The van der Waals surface area contributed by atoms with Crippen molar-refractivity contribution in [3.63, 3.8) is 0 Å². The average molecular weight is 271 g/mol. The van der Waals surface area contributed by atoms with Gasteiger partial charge in [-0.25, -0.2) is 4.57 Å². The molecule has 0 saturated carbocycles. The summed E-state index contributed by atoms with van der Waals surface area (Å²) in [7, 11) is 3.90. The van der Waals surface area contributed by atoms with Crippen molar-refractivity contribution in [2.75, 3.05) is 6.26 Å². The lowest BCUT2D eigenvalue weighted by atomic mass is 11.1. The molecule has 0 aliphatic rings. The van der Waals surface area contributed by atoms with Crippen LogP contribution in [0.5, 0.6) is 0 Å². The predicted molar refractivity (Wildman–Crippen MR) is 36.2 cm³/mol. The number of thioether (sulfide) groups is 1. The average Bonchev–Trinajstić information content (AvgIpc) is 2.10. The summed E-state index contributed by atoms with van der Waals surface area (Å²) >= 11 is 1.65. The Morgan fingerprint density at radius 3 is 2.50 bits per heavy atom. The van der Waals surface area contributed by atoms with E-state index in [0.29, 0.717) is 0 Å². The Morgan fingerprint density at radius 2 is 2.30 bits per heavy atom. The Balaban J connectivity index is 0.000000810. The summed E-state index contributed by atoms with van der Waals surface area (Å²) in [4.78, 5) is 0. The Labute approximate surface area is 81.8 Å². The van der Waals surface area contributed by atoms with Gasteiger partial charge in [0.25, 0.3) is 0 Å². The lowest BCUT2D eigenvalue weighted by Gasteiger charge is -1.80. The van der Waals surface area contributed by atoms with Crippen LogP contribution in [0, 0.1) is 0 Å². The minimum Gasteiger partial charge on any atom is -1.00 e. The molecule has 0 N–H and O–H groups in total. The number of halogens is 1. The molecular weight excluding hydrogens is 261 g/mol. The minimum atomic E-state index is 0. The summed E-state index contributed by atoms with van der Waals surface area (Å²) in [6, 6.07) is 0. The largest absolute Gasteiger partial charge is 1.00 e. The van der Waals surface area contributed by atoms with E-state index in [9.17, 15) is 0 Å². The van der Waals surface area contributed by atoms with E-state index in [-0.39, 0.29) is 24.0 Å². The molecule has 0 aliphatic heterocycles. The maximum atomic E-state index is 4.17. The first kappa shape index (κ1) is 10.2. The van der Waals surface area contributed by atoms with Crippen molar-refractivity contribution >= 4 is 11.8 Å². The number of aromatic nitrogens is 3. The fraction of sp³-hybridized carbons (Fsp3) is 0.600. The second-order valence-electron chi connectivity index (χ2n) is 1.89. The van der Waals surface area contributed by atoms with Crippen LogP contribution in [0.2, 0.25) is 0 Å². The van der Waals surface area contributed by atoms with E-state index in [1.165, 1.54) is 0 Å². The first-order chi connectivity index (χ1) is 4.24. The summed E-state index contributed by atoms with van der Waals surface area (Å²) in [5.41, 5.74) is 0. The zero-order chi connectivity index (χ0) is 6.85. The molecule has 3 nitrogen and oxygen atoms in total. The Kier molecular flexibility index (Phi) is 4.26. The van der Waals surface area contributed by atoms with Gasteiger partial charge in [-0.05, 0) is 6.26 Å². The first-order valence-corrected chi connectivity index (χ1v) is 3.90. The molecule has 0 atom stereocenters. The molecule has 0 fully saturated rings. The van der Waals surface area contributed by atoms with Gasteiger partial charge in [0.05, 0.1) is 19.2 Å². The van der Waals surface area contributed by atoms with Gasteiger partial charge < -0.3 is 24.0 Å². The van der Waals surface area contributed by atoms with Crippen LogP contribution < -0.4 is 28.5 Å². The minimum absolute atomic E-state index is 0. The van der Waals surface area contributed by atoms with E-state index in [0.717, 1.165) is 5.16 Å². The van der Waals surface area contributed by atoms with Gasteiger partial charge in [0.15, 0.2) is 0 Å². The van der Waals surface area contributed by atoms with Crippen LogP contribution in [0.3, 0.4) is 0 Å². The van der Waals surface area contributed by atoms with Crippen LogP contribution in [0.25, 0.3) is 0 Å². The molecule has 10 heavy (non-hydrogen) atoms. The summed E-state index contributed by atoms with van der Waals surface area (Å²) in [6.45, 7) is 0. The molecule has 0 unspecified atom stereocenters. The number of hydrogen-bond donors (Lipinski definition) is 0. The highest BCUT2D eigenvalue weighted by Crippen LogP contribution is 2.01. The maximum Gasteiger partial charge on any atom is 0.336 e. The van der Waals surface area contributed by atoms with Crippen molar-refractivity contribution in [1.29, 1.82) is 0 Å². The zero-order valence-electron chi connectivity index (χ0n) is 6.21. The lowest BCUT2D eigenvalue weighted by molar-refractivity contribution is -0.709. The molecule has 58 valence electrons. The van der Waals surface area contributed by atoms with Crippen LogP contribution >= 0.6 is 11.8 Å². The van der Waals surface area contributed by atoms with Crippen molar-refractivity contribution in [1.82, 2.24) is 9.78 Å². The molecule has 1 rings (SSSR count). The van der Waals surface area contributed by atoms with Crippen molar-refractivity contribution in [3.8, 4) is 0 Å². The second kappa shape index (κ2) is 4.17. The summed E-state index contributed by atoms with van der Waals surface area (Å²) < 4.78 is 3.79. The molecule has 0 bridgehead atoms. The third-order valence-corrected chi connectivity index (χ3v) is 1.80. The highest BCUT2D eigenvalue weighted by Gasteiger charge is 2.07. The van der Waals surface area contributed by atoms with Crippen molar-refractivity contribution in [2.24, 2.45) is 14.1 Å². The zero-order valence-corrected chi connectivity index (χ0v) is 9.18. The standard InChI is InChI=1S/C5H10N3S.HI/c1-7-4-8(2)6-5(7)9-3;/h4H,1-3H3;1H/q+1;/p-1. The number of aryl methyl sites for hydroxylation is 2. The topological polar surface area (TPSA) is 21.7 Å². The van der Waals surface area contributed by atoms with E-state index in [4.69, 9.17) is 0 Å². The van der Waals surface area contributed by atoms with Crippen LogP contribution in [0.1, 0.15) is 0 Å².